The standard InChI is InChI=1S/C19H16ClF3N2O6/c1-10(26)11-3-4-14(15(5-11)29-2)30-9-17(28)31-8-16(27)25-18-13(20)6-12(7-24-18)19(21,22)23/h3-7H,8-9H2,1-2H3,(H,24,25,27). The van der Waals surface area contributed by atoms with Gasteiger partial charge in [-0.3, -0.25) is 9.59 Å². The number of nitrogens with one attached hydrogen (secondary N) is 1. The van der Waals surface area contributed by atoms with E-state index in [1.807, 2.05) is 0 Å². The van der Waals surface area contributed by atoms with Gasteiger partial charge in [-0.15, -0.1) is 0 Å². The van der Waals surface area contributed by atoms with Crippen molar-refractivity contribution in [2.24, 2.45) is 0 Å². The lowest BCUT2D eigenvalue weighted by Gasteiger charge is -2.12. The Kier molecular flexibility index (Phi) is 7.81. The van der Waals surface area contributed by atoms with E-state index in [0.717, 1.165) is 0 Å². The highest BCUT2D eigenvalue weighted by molar-refractivity contribution is 6.33. The van der Waals surface area contributed by atoms with Crippen LogP contribution in [0.5, 0.6) is 11.5 Å². The molecule has 0 bridgehead atoms. The number of ether oxygens (including phenoxy) is 3. The second kappa shape index (κ2) is 10.1. The second-order valence-electron chi connectivity index (χ2n) is 5.97. The minimum atomic E-state index is -4.64. The zero-order valence-corrected chi connectivity index (χ0v) is 17.0. The van der Waals surface area contributed by atoms with Crippen molar-refractivity contribution in [2.75, 3.05) is 25.6 Å². The van der Waals surface area contributed by atoms with Crippen LogP contribution in [0.3, 0.4) is 0 Å². The van der Waals surface area contributed by atoms with Crippen LogP contribution in [0.25, 0.3) is 0 Å². The third kappa shape index (κ3) is 6.85. The van der Waals surface area contributed by atoms with Crippen LogP contribution in [0.2, 0.25) is 5.02 Å². The van der Waals surface area contributed by atoms with Gasteiger partial charge in [-0.05, 0) is 31.2 Å². The number of nitrogens with zero attached hydrogens (tertiary/aromatic N) is 1. The number of anilines is 1. The van der Waals surface area contributed by atoms with Gasteiger partial charge in [0.25, 0.3) is 5.91 Å². The summed E-state index contributed by atoms with van der Waals surface area (Å²) >= 11 is 5.68. The van der Waals surface area contributed by atoms with Gasteiger partial charge in [0.15, 0.2) is 36.3 Å². The molecule has 0 atom stereocenters. The third-order valence-corrected chi connectivity index (χ3v) is 3.99. The zero-order chi connectivity index (χ0) is 23.2. The summed E-state index contributed by atoms with van der Waals surface area (Å²) in [6.45, 7) is 0.0646. The molecule has 0 radical (unpaired) electrons. The average Bonchev–Trinajstić information content (AvgIpc) is 2.71. The molecular weight excluding hydrogens is 445 g/mol. The summed E-state index contributed by atoms with van der Waals surface area (Å²) in [5, 5.41) is 1.70. The number of hydrogen-bond acceptors (Lipinski definition) is 7. The number of amides is 1. The summed E-state index contributed by atoms with van der Waals surface area (Å²) in [5.74, 6) is -1.87. The third-order valence-electron chi connectivity index (χ3n) is 3.71. The predicted molar refractivity (Wildman–Crippen MR) is 102 cm³/mol. The maximum atomic E-state index is 12.6. The van der Waals surface area contributed by atoms with Crippen molar-refractivity contribution in [3.8, 4) is 11.5 Å². The lowest BCUT2D eigenvalue weighted by molar-refractivity contribution is -0.149. The number of carbonyl (C=O) groups is 3. The monoisotopic (exact) mass is 460 g/mol. The Labute approximate surface area is 179 Å². The number of ketones is 1. The zero-order valence-electron chi connectivity index (χ0n) is 16.2. The van der Waals surface area contributed by atoms with Gasteiger partial charge < -0.3 is 19.5 Å². The van der Waals surface area contributed by atoms with Gasteiger partial charge in [-0.1, -0.05) is 11.6 Å². The molecule has 0 fully saturated rings. The topological polar surface area (TPSA) is 104 Å². The van der Waals surface area contributed by atoms with E-state index < -0.39 is 41.9 Å². The normalized spacial score (nSPS) is 10.9. The fourth-order valence-electron chi connectivity index (χ4n) is 2.18. The molecule has 1 amide bonds. The number of hydrogen-bond donors (Lipinski definition) is 1. The molecule has 0 aliphatic heterocycles. The van der Waals surface area contributed by atoms with Gasteiger partial charge in [0, 0.05) is 11.8 Å². The molecule has 1 N–H and O–H groups in total. The van der Waals surface area contributed by atoms with Crippen LogP contribution in [-0.2, 0) is 20.5 Å². The van der Waals surface area contributed by atoms with E-state index in [-0.39, 0.29) is 23.1 Å². The Hall–Kier alpha value is -3.34. The summed E-state index contributed by atoms with van der Waals surface area (Å²) in [6.07, 6.45) is -4.13. The molecule has 31 heavy (non-hydrogen) atoms. The number of pyridine rings is 1. The number of methoxy groups -OCH3 is 1. The van der Waals surface area contributed by atoms with Crippen molar-refractivity contribution >= 4 is 35.1 Å². The molecule has 1 heterocycles. The molecule has 2 rings (SSSR count). The fourth-order valence-corrected chi connectivity index (χ4v) is 2.40. The molecule has 0 unspecified atom stereocenters. The summed E-state index contributed by atoms with van der Waals surface area (Å²) in [4.78, 5) is 38.4. The Morgan fingerprint density at radius 1 is 1.13 bits per heavy atom. The summed E-state index contributed by atoms with van der Waals surface area (Å²) in [5.41, 5.74) is -0.690. The number of carbonyl (C=O) groups excluding carboxylic acids is 3. The number of halogens is 4. The Morgan fingerprint density at radius 2 is 1.84 bits per heavy atom. The molecule has 0 aliphatic rings. The van der Waals surface area contributed by atoms with Crippen LogP contribution in [0.15, 0.2) is 30.5 Å². The smallest absolute Gasteiger partial charge is 0.417 e. The molecular formula is C19H16ClF3N2O6. The lowest BCUT2D eigenvalue weighted by Crippen LogP contribution is -2.24. The number of Topliss-reactive ketones (excluding diaryl/α,β-unsaturated/α-hetero) is 1. The summed E-state index contributed by atoms with van der Waals surface area (Å²) < 4.78 is 52.9. The second-order valence-corrected chi connectivity index (χ2v) is 6.38. The first-order valence-corrected chi connectivity index (χ1v) is 8.89. The quantitative estimate of drug-likeness (QED) is 0.474. The summed E-state index contributed by atoms with van der Waals surface area (Å²) in [7, 11) is 1.36. The van der Waals surface area contributed by atoms with E-state index in [0.29, 0.717) is 17.8 Å². The number of aromatic nitrogens is 1. The molecule has 8 nitrogen and oxygen atoms in total. The van der Waals surface area contributed by atoms with Gasteiger partial charge in [-0.2, -0.15) is 13.2 Å². The van der Waals surface area contributed by atoms with Gasteiger partial charge in [-0.25, -0.2) is 9.78 Å². The minimum absolute atomic E-state index is 0.176. The van der Waals surface area contributed by atoms with Crippen molar-refractivity contribution in [2.45, 2.75) is 13.1 Å². The van der Waals surface area contributed by atoms with Crippen LogP contribution in [0, 0.1) is 0 Å². The van der Waals surface area contributed by atoms with Crippen molar-refractivity contribution in [1.29, 1.82) is 0 Å². The van der Waals surface area contributed by atoms with Crippen molar-refractivity contribution < 1.29 is 41.8 Å². The van der Waals surface area contributed by atoms with E-state index >= 15 is 0 Å². The molecule has 0 saturated carbocycles. The Bertz CT molecular complexity index is 997. The van der Waals surface area contributed by atoms with E-state index in [4.69, 9.17) is 25.8 Å². The van der Waals surface area contributed by atoms with Crippen molar-refractivity contribution in [3.05, 3.63) is 46.6 Å². The molecule has 12 heteroatoms. The molecule has 0 saturated heterocycles. The highest BCUT2D eigenvalue weighted by atomic mass is 35.5. The first-order valence-electron chi connectivity index (χ1n) is 8.51. The Morgan fingerprint density at radius 3 is 2.42 bits per heavy atom. The SMILES string of the molecule is COc1cc(C(C)=O)ccc1OCC(=O)OCC(=O)Nc1ncc(C(F)(F)F)cc1Cl. The van der Waals surface area contributed by atoms with Crippen LogP contribution >= 0.6 is 11.6 Å². The van der Waals surface area contributed by atoms with Crippen molar-refractivity contribution in [3.63, 3.8) is 0 Å². The van der Waals surface area contributed by atoms with E-state index in [2.05, 4.69) is 10.3 Å². The highest BCUT2D eigenvalue weighted by Crippen LogP contribution is 2.32. The number of rotatable bonds is 8. The van der Waals surface area contributed by atoms with E-state index in [9.17, 15) is 27.6 Å². The molecule has 166 valence electrons. The maximum absolute atomic E-state index is 12.6. The number of benzene rings is 1. The summed E-state index contributed by atoms with van der Waals surface area (Å²) in [6, 6.07) is 4.97. The van der Waals surface area contributed by atoms with E-state index in [1.165, 1.54) is 32.2 Å². The predicted octanol–water partition coefficient (Wildman–Crippen LogP) is 3.53. The van der Waals surface area contributed by atoms with Crippen molar-refractivity contribution in [1.82, 2.24) is 4.98 Å². The van der Waals surface area contributed by atoms with Crippen LogP contribution in [0.4, 0.5) is 19.0 Å². The average molecular weight is 461 g/mol. The number of esters is 1. The molecule has 0 spiro atoms. The molecule has 1 aromatic carbocycles. The van der Waals surface area contributed by atoms with E-state index in [1.54, 1.807) is 0 Å². The maximum Gasteiger partial charge on any atom is 0.417 e. The van der Waals surface area contributed by atoms with Gasteiger partial charge in [0.05, 0.1) is 17.7 Å². The molecule has 2 aromatic rings. The van der Waals surface area contributed by atoms with Crippen LogP contribution in [0.1, 0.15) is 22.8 Å². The van der Waals surface area contributed by atoms with Gasteiger partial charge in [0.2, 0.25) is 0 Å². The number of alkyl halides is 3. The Balaban J connectivity index is 1.86. The fraction of sp³-hybridized carbons (Fsp3) is 0.263. The molecule has 1 aromatic heterocycles. The van der Waals surface area contributed by atoms with Gasteiger partial charge >= 0.3 is 12.1 Å². The first-order chi connectivity index (χ1) is 14.5. The highest BCUT2D eigenvalue weighted by Gasteiger charge is 2.31. The van der Waals surface area contributed by atoms with Crippen LogP contribution < -0.4 is 14.8 Å². The lowest BCUT2D eigenvalue weighted by atomic mass is 10.1. The molecule has 0 aliphatic carbocycles. The van der Waals surface area contributed by atoms with Gasteiger partial charge in [0.1, 0.15) is 0 Å². The van der Waals surface area contributed by atoms with Crippen LogP contribution in [-0.4, -0.2) is 43.0 Å². The minimum Gasteiger partial charge on any atom is -0.493 e. The first kappa shape index (κ1) is 23.9. The largest absolute Gasteiger partial charge is 0.493 e.